The van der Waals surface area contributed by atoms with Crippen LogP contribution in [0.3, 0.4) is 0 Å². The third-order valence-electron chi connectivity index (χ3n) is 4.18. The van der Waals surface area contributed by atoms with E-state index in [-0.39, 0.29) is 6.09 Å². The molecule has 0 aromatic rings. The Labute approximate surface area is 137 Å². The Hall–Kier alpha value is -0.770. The second kappa shape index (κ2) is 9.39. The molecule has 130 valence electrons. The fourth-order valence-electron chi connectivity index (χ4n) is 3.16. The highest BCUT2D eigenvalue weighted by Crippen LogP contribution is 2.27. The summed E-state index contributed by atoms with van der Waals surface area (Å²) >= 11 is 0. The van der Waals surface area contributed by atoms with Crippen molar-refractivity contribution < 1.29 is 9.53 Å². The maximum atomic E-state index is 12.2. The molecular weight excluding hydrogens is 276 g/mol. The number of hydrogen-bond acceptors (Lipinski definition) is 3. The van der Waals surface area contributed by atoms with Crippen LogP contribution in [0.2, 0.25) is 0 Å². The van der Waals surface area contributed by atoms with Crippen LogP contribution in [0.4, 0.5) is 4.79 Å². The Morgan fingerprint density at radius 2 is 2.00 bits per heavy atom. The van der Waals surface area contributed by atoms with Crippen molar-refractivity contribution in [2.24, 2.45) is 11.8 Å². The highest BCUT2D eigenvalue weighted by molar-refractivity contribution is 5.68. The first-order chi connectivity index (χ1) is 10.3. The van der Waals surface area contributed by atoms with Gasteiger partial charge in [0.05, 0.1) is 0 Å². The average molecular weight is 312 g/mol. The smallest absolute Gasteiger partial charge is 0.410 e. The summed E-state index contributed by atoms with van der Waals surface area (Å²) in [5, 5.41) is 3.53. The Balaban J connectivity index is 2.27. The van der Waals surface area contributed by atoms with E-state index in [9.17, 15) is 4.79 Å². The minimum absolute atomic E-state index is 0.192. The molecule has 1 aliphatic carbocycles. The molecule has 1 aliphatic rings. The van der Waals surface area contributed by atoms with Gasteiger partial charge in [0.15, 0.2) is 0 Å². The van der Waals surface area contributed by atoms with Crippen LogP contribution in [0.5, 0.6) is 0 Å². The minimum Gasteiger partial charge on any atom is -0.444 e. The van der Waals surface area contributed by atoms with Crippen molar-refractivity contribution in [1.82, 2.24) is 10.2 Å². The van der Waals surface area contributed by atoms with E-state index in [1.807, 2.05) is 25.7 Å². The Bertz CT molecular complexity index is 326. The van der Waals surface area contributed by atoms with Crippen molar-refractivity contribution in [3.05, 3.63) is 0 Å². The molecule has 0 aromatic carbocycles. The second-order valence-corrected chi connectivity index (χ2v) is 7.81. The molecule has 0 aliphatic heterocycles. The molecule has 4 heteroatoms. The molecule has 1 saturated carbocycles. The highest BCUT2D eigenvalue weighted by atomic mass is 16.6. The average Bonchev–Trinajstić information content (AvgIpc) is 2.40. The van der Waals surface area contributed by atoms with E-state index in [2.05, 4.69) is 19.2 Å². The number of carbonyl (C=O) groups excluding carboxylic acids is 1. The summed E-state index contributed by atoms with van der Waals surface area (Å²) in [5.74, 6) is 1.68. The van der Waals surface area contributed by atoms with Gasteiger partial charge in [-0.05, 0) is 58.4 Å². The van der Waals surface area contributed by atoms with E-state index >= 15 is 0 Å². The van der Waals surface area contributed by atoms with Crippen molar-refractivity contribution in [2.75, 3.05) is 26.2 Å². The van der Waals surface area contributed by atoms with Crippen molar-refractivity contribution in [3.8, 4) is 0 Å². The molecule has 4 nitrogen and oxygen atoms in total. The Morgan fingerprint density at radius 3 is 2.59 bits per heavy atom. The van der Waals surface area contributed by atoms with Gasteiger partial charge in [-0.15, -0.1) is 0 Å². The molecule has 0 saturated heterocycles. The lowest BCUT2D eigenvalue weighted by molar-refractivity contribution is 0.0251. The number of carbonyl (C=O) groups is 1. The van der Waals surface area contributed by atoms with Gasteiger partial charge in [0.2, 0.25) is 0 Å². The molecule has 1 N–H and O–H groups in total. The molecule has 0 bridgehead atoms. The van der Waals surface area contributed by atoms with Gasteiger partial charge >= 0.3 is 6.09 Å². The van der Waals surface area contributed by atoms with Crippen molar-refractivity contribution >= 4 is 6.09 Å². The number of nitrogens with zero attached hydrogens (tertiary/aromatic N) is 1. The van der Waals surface area contributed by atoms with E-state index < -0.39 is 5.60 Å². The van der Waals surface area contributed by atoms with Crippen molar-refractivity contribution in [1.29, 1.82) is 0 Å². The summed E-state index contributed by atoms with van der Waals surface area (Å²) in [6.07, 6.45) is 6.22. The molecule has 1 amide bonds. The third kappa shape index (κ3) is 8.02. The molecule has 22 heavy (non-hydrogen) atoms. The number of ether oxygens (including phenoxy) is 1. The number of rotatable bonds is 7. The van der Waals surface area contributed by atoms with E-state index in [4.69, 9.17) is 4.74 Å². The van der Waals surface area contributed by atoms with Crippen LogP contribution in [0, 0.1) is 11.8 Å². The van der Waals surface area contributed by atoms with Gasteiger partial charge in [0.1, 0.15) is 5.60 Å². The van der Waals surface area contributed by atoms with Gasteiger partial charge in [-0.3, -0.25) is 0 Å². The summed E-state index contributed by atoms with van der Waals surface area (Å²) in [6.45, 7) is 13.6. The van der Waals surface area contributed by atoms with E-state index in [1.165, 1.54) is 25.7 Å². The molecule has 2 atom stereocenters. The van der Waals surface area contributed by atoms with Crippen LogP contribution in [-0.4, -0.2) is 42.8 Å². The first kappa shape index (κ1) is 19.3. The van der Waals surface area contributed by atoms with Crippen LogP contribution in [0.25, 0.3) is 0 Å². The fraction of sp³-hybridized carbons (Fsp3) is 0.944. The first-order valence-electron chi connectivity index (χ1n) is 9.00. The quantitative estimate of drug-likeness (QED) is 0.721. The van der Waals surface area contributed by atoms with Gasteiger partial charge in [-0.25, -0.2) is 4.79 Å². The molecule has 0 aromatic heterocycles. The zero-order valence-corrected chi connectivity index (χ0v) is 15.3. The maximum absolute atomic E-state index is 12.2. The Morgan fingerprint density at radius 1 is 1.27 bits per heavy atom. The van der Waals surface area contributed by atoms with E-state index in [1.54, 1.807) is 0 Å². The van der Waals surface area contributed by atoms with Crippen molar-refractivity contribution in [2.45, 2.75) is 72.3 Å². The fourth-order valence-corrected chi connectivity index (χ4v) is 3.16. The van der Waals surface area contributed by atoms with Gasteiger partial charge in [0.25, 0.3) is 0 Å². The van der Waals surface area contributed by atoms with E-state index in [0.717, 1.165) is 44.4 Å². The van der Waals surface area contributed by atoms with Crippen LogP contribution in [0.15, 0.2) is 0 Å². The maximum Gasteiger partial charge on any atom is 0.410 e. The number of hydrogen-bond donors (Lipinski definition) is 1. The van der Waals surface area contributed by atoms with Gasteiger partial charge in [-0.2, -0.15) is 0 Å². The summed E-state index contributed by atoms with van der Waals surface area (Å²) in [5.41, 5.74) is -0.422. The first-order valence-corrected chi connectivity index (χ1v) is 9.00. The SMILES string of the molecule is CCCN(CCNCC1CCCC(C)C1)C(=O)OC(C)(C)C. The van der Waals surface area contributed by atoms with Crippen LogP contribution in [-0.2, 0) is 4.74 Å². The molecule has 0 spiro atoms. The van der Waals surface area contributed by atoms with Crippen LogP contribution < -0.4 is 5.32 Å². The molecule has 1 rings (SSSR count). The van der Waals surface area contributed by atoms with E-state index in [0.29, 0.717) is 0 Å². The lowest BCUT2D eigenvalue weighted by Crippen LogP contribution is -2.41. The van der Waals surface area contributed by atoms with Crippen LogP contribution >= 0.6 is 0 Å². The number of nitrogens with one attached hydrogen (secondary N) is 1. The largest absolute Gasteiger partial charge is 0.444 e. The predicted molar refractivity (Wildman–Crippen MR) is 92.1 cm³/mol. The lowest BCUT2D eigenvalue weighted by Gasteiger charge is -2.29. The summed E-state index contributed by atoms with van der Waals surface area (Å²) in [7, 11) is 0. The summed E-state index contributed by atoms with van der Waals surface area (Å²) < 4.78 is 5.47. The zero-order valence-electron chi connectivity index (χ0n) is 15.3. The minimum atomic E-state index is -0.422. The lowest BCUT2D eigenvalue weighted by atomic mass is 9.82. The summed E-state index contributed by atoms with van der Waals surface area (Å²) in [6, 6.07) is 0. The monoisotopic (exact) mass is 312 g/mol. The topological polar surface area (TPSA) is 41.6 Å². The molecule has 0 heterocycles. The highest BCUT2D eigenvalue weighted by Gasteiger charge is 2.22. The normalized spacial score (nSPS) is 22.4. The van der Waals surface area contributed by atoms with Gasteiger partial charge < -0.3 is 15.0 Å². The molecule has 2 unspecified atom stereocenters. The Kier molecular flexibility index (Phi) is 8.23. The van der Waals surface area contributed by atoms with Crippen molar-refractivity contribution in [3.63, 3.8) is 0 Å². The van der Waals surface area contributed by atoms with Gasteiger partial charge in [-0.1, -0.05) is 26.7 Å². The number of amides is 1. The summed E-state index contributed by atoms with van der Waals surface area (Å²) in [4.78, 5) is 14.0. The van der Waals surface area contributed by atoms with Crippen LogP contribution in [0.1, 0.15) is 66.7 Å². The predicted octanol–water partition coefficient (Wildman–Crippen LogP) is 4.05. The molecular formula is C18H36N2O2. The van der Waals surface area contributed by atoms with Gasteiger partial charge in [0, 0.05) is 19.6 Å². The zero-order chi connectivity index (χ0) is 16.6. The third-order valence-corrected chi connectivity index (χ3v) is 4.18. The standard InChI is InChI=1S/C18H36N2O2/c1-6-11-20(17(21)22-18(3,4)5)12-10-19-14-16-9-7-8-15(2)13-16/h15-16,19H,6-14H2,1-5H3. The molecule has 0 radical (unpaired) electrons. The molecule has 1 fully saturated rings. The second-order valence-electron chi connectivity index (χ2n) is 7.81.